The minimum atomic E-state index is -0.605. The molecule has 20 heavy (non-hydrogen) atoms. The topological polar surface area (TPSA) is 46.3 Å². The largest absolute Gasteiger partial charge is 0.325 e. The summed E-state index contributed by atoms with van der Waals surface area (Å²) in [5.41, 5.74) is 7.38. The highest BCUT2D eigenvalue weighted by Gasteiger charge is 2.45. The summed E-state index contributed by atoms with van der Waals surface area (Å²) in [6.07, 6.45) is 2.04. The molecule has 0 fully saturated rings. The van der Waals surface area contributed by atoms with Crippen LogP contribution in [0.2, 0.25) is 0 Å². The van der Waals surface area contributed by atoms with Gasteiger partial charge in [0.15, 0.2) is 0 Å². The number of aryl methyl sites for hydroxylation is 1. The first-order valence-electron chi connectivity index (χ1n) is 7.36. The third-order valence-corrected chi connectivity index (χ3v) is 4.89. The first-order valence-corrected chi connectivity index (χ1v) is 7.36. The van der Waals surface area contributed by atoms with Gasteiger partial charge < -0.3 is 10.6 Å². The lowest BCUT2D eigenvalue weighted by Crippen LogP contribution is -2.58. The van der Waals surface area contributed by atoms with E-state index in [1.165, 1.54) is 5.56 Å². The average Bonchev–Trinajstić information content (AvgIpc) is 2.36. The predicted molar refractivity (Wildman–Crippen MR) is 83.8 cm³/mol. The van der Waals surface area contributed by atoms with Crippen LogP contribution in [0.5, 0.6) is 0 Å². The Morgan fingerprint density at radius 2 is 1.85 bits per heavy atom. The van der Waals surface area contributed by atoms with E-state index in [1.807, 2.05) is 50.8 Å². The highest BCUT2D eigenvalue weighted by Crippen LogP contribution is 2.37. The molecule has 1 aliphatic heterocycles. The fraction of sp³-hybridized carbons (Fsp3) is 0.588. The first-order chi connectivity index (χ1) is 9.16. The summed E-state index contributed by atoms with van der Waals surface area (Å²) in [5.74, 6) is 0.115. The molecule has 3 nitrogen and oxygen atoms in total. The first kappa shape index (κ1) is 15.0. The highest BCUT2D eigenvalue weighted by molar-refractivity contribution is 5.99. The Labute approximate surface area is 122 Å². The smallest absolute Gasteiger partial charge is 0.234 e. The number of benzene rings is 1. The van der Waals surface area contributed by atoms with Crippen molar-refractivity contribution < 1.29 is 4.79 Å². The van der Waals surface area contributed by atoms with Crippen molar-refractivity contribution in [1.82, 2.24) is 0 Å². The van der Waals surface area contributed by atoms with Crippen LogP contribution in [-0.2, 0) is 11.2 Å². The maximum absolute atomic E-state index is 13.1. The second-order valence-corrected chi connectivity index (χ2v) is 7.04. The van der Waals surface area contributed by atoms with Gasteiger partial charge in [-0.25, -0.2) is 0 Å². The van der Waals surface area contributed by atoms with E-state index in [0.717, 1.165) is 18.5 Å². The number of hydrogen-bond acceptors (Lipinski definition) is 2. The third kappa shape index (κ3) is 2.35. The van der Waals surface area contributed by atoms with E-state index in [9.17, 15) is 4.79 Å². The molecule has 0 spiro atoms. The second-order valence-electron chi connectivity index (χ2n) is 7.04. The number of fused-ring (bicyclic) bond motifs is 1. The Kier molecular flexibility index (Phi) is 3.67. The lowest BCUT2D eigenvalue weighted by atomic mass is 9.73. The predicted octanol–water partition coefficient (Wildman–Crippen LogP) is 3.12. The van der Waals surface area contributed by atoms with E-state index in [0.29, 0.717) is 0 Å². The zero-order valence-electron chi connectivity index (χ0n) is 13.2. The van der Waals surface area contributed by atoms with Gasteiger partial charge in [0, 0.05) is 17.3 Å². The van der Waals surface area contributed by atoms with Gasteiger partial charge >= 0.3 is 0 Å². The zero-order valence-corrected chi connectivity index (χ0v) is 13.2. The van der Waals surface area contributed by atoms with Crippen LogP contribution in [-0.4, -0.2) is 17.5 Å². The minimum Gasteiger partial charge on any atom is -0.325 e. The number of para-hydroxylation sites is 1. The van der Waals surface area contributed by atoms with Gasteiger partial charge in [-0.3, -0.25) is 4.79 Å². The van der Waals surface area contributed by atoms with E-state index in [4.69, 9.17) is 5.73 Å². The summed E-state index contributed by atoms with van der Waals surface area (Å²) in [5, 5.41) is 0. The Morgan fingerprint density at radius 1 is 1.25 bits per heavy atom. The maximum Gasteiger partial charge on any atom is 0.234 e. The summed E-state index contributed by atoms with van der Waals surface area (Å²) < 4.78 is 0. The van der Waals surface area contributed by atoms with Crippen molar-refractivity contribution in [2.45, 2.75) is 59.0 Å². The Hall–Kier alpha value is -1.35. The lowest BCUT2D eigenvalue weighted by Gasteiger charge is -2.44. The van der Waals surface area contributed by atoms with Crippen LogP contribution >= 0.6 is 0 Å². The molecule has 0 bridgehead atoms. The van der Waals surface area contributed by atoms with Crippen LogP contribution in [0.1, 0.15) is 46.6 Å². The molecule has 0 radical (unpaired) electrons. The monoisotopic (exact) mass is 274 g/mol. The highest BCUT2D eigenvalue weighted by atomic mass is 16.2. The quantitative estimate of drug-likeness (QED) is 0.900. The molecular formula is C17H26N2O. The van der Waals surface area contributed by atoms with Gasteiger partial charge in [0.1, 0.15) is 0 Å². The molecule has 1 aromatic rings. The van der Waals surface area contributed by atoms with Crippen LogP contribution in [0.15, 0.2) is 24.3 Å². The van der Waals surface area contributed by atoms with Gasteiger partial charge in [-0.05, 0) is 59.1 Å². The number of nitrogens with zero attached hydrogens (tertiary/aromatic N) is 1. The molecule has 3 heteroatoms. The standard InChI is InChI=1S/C17H26N2O/c1-12-10-11-13-8-6-7-9-14(13)19(12)15(20)16(2,3)17(4,5)18/h6-9,12H,10-11,18H2,1-5H3. The SMILES string of the molecule is CC1CCc2ccccc2N1C(=O)C(C)(C)C(C)(C)N. The Balaban J connectivity index is 2.44. The Morgan fingerprint density at radius 3 is 2.45 bits per heavy atom. The van der Waals surface area contributed by atoms with Crippen LogP contribution < -0.4 is 10.6 Å². The number of anilines is 1. The fourth-order valence-corrected chi connectivity index (χ4v) is 2.57. The normalized spacial score (nSPS) is 19.7. The molecule has 1 atom stereocenters. The van der Waals surface area contributed by atoms with Crippen molar-refractivity contribution >= 4 is 11.6 Å². The van der Waals surface area contributed by atoms with Crippen molar-refractivity contribution in [3.8, 4) is 0 Å². The molecule has 0 aromatic heterocycles. The molecule has 2 N–H and O–H groups in total. The van der Waals surface area contributed by atoms with Crippen molar-refractivity contribution in [3.63, 3.8) is 0 Å². The molecule has 110 valence electrons. The molecule has 0 saturated carbocycles. The molecule has 1 amide bonds. The number of carbonyl (C=O) groups is 1. The minimum absolute atomic E-state index is 0.115. The van der Waals surface area contributed by atoms with Crippen molar-refractivity contribution in [3.05, 3.63) is 29.8 Å². The second kappa shape index (κ2) is 4.88. The lowest BCUT2D eigenvalue weighted by molar-refractivity contribution is -0.130. The van der Waals surface area contributed by atoms with Crippen LogP contribution in [0, 0.1) is 5.41 Å². The number of amides is 1. The van der Waals surface area contributed by atoms with Gasteiger partial charge in [0.25, 0.3) is 0 Å². The molecule has 0 aliphatic carbocycles. The van der Waals surface area contributed by atoms with Gasteiger partial charge in [0.05, 0.1) is 5.41 Å². The van der Waals surface area contributed by atoms with E-state index in [-0.39, 0.29) is 11.9 Å². The summed E-state index contributed by atoms with van der Waals surface area (Å²) in [4.78, 5) is 15.0. The van der Waals surface area contributed by atoms with Gasteiger partial charge in [0.2, 0.25) is 5.91 Å². The maximum atomic E-state index is 13.1. The van der Waals surface area contributed by atoms with E-state index < -0.39 is 11.0 Å². The summed E-state index contributed by atoms with van der Waals surface area (Å²) in [7, 11) is 0. The van der Waals surface area contributed by atoms with E-state index in [1.54, 1.807) is 0 Å². The van der Waals surface area contributed by atoms with Gasteiger partial charge in [-0.2, -0.15) is 0 Å². The summed E-state index contributed by atoms with van der Waals surface area (Å²) in [6, 6.07) is 8.41. The van der Waals surface area contributed by atoms with Crippen molar-refractivity contribution in [2.24, 2.45) is 11.1 Å². The fourth-order valence-electron chi connectivity index (χ4n) is 2.57. The van der Waals surface area contributed by atoms with Gasteiger partial charge in [-0.15, -0.1) is 0 Å². The van der Waals surface area contributed by atoms with E-state index >= 15 is 0 Å². The molecule has 1 unspecified atom stereocenters. The third-order valence-electron chi connectivity index (χ3n) is 4.89. The molecule has 1 aliphatic rings. The molecule has 2 rings (SSSR count). The number of rotatable bonds is 2. The van der Waals surface area contributed by atoms with Crippen molar-refractivity contribution in [1.29, 1.82) is 0 Å². The number of hydrogen-bond donors (Lipinski definition) is 1. The van der Waals surface area contributed by atoms with Crippen molar-refractivity contribution in [2.75, 3.05) is 4.90 Å². The molecular weight excluding hydrogens is 248 g/mol. The molecule has 1 heterocycles. The summed E-state index contributed by atoms with van der Waals surface area (Å²) >= 11 is 0. The zero-order chi connectivity index (χ0) is 15.1. The number of nitrogens with two attached hydrogens (primary N) is 1. The summed E-state index contributed by atoms with van der Waals surface area (Å²) in [6.45, 7) is 9.85. The van der Waals surface area contributed by atoms with E-state index in [2.05, 4.69) is 13.0 Å². The average molecular weight is 274 g/mol. The molecule has 0 saturated heterocycles. The van der Waals surface area contributed by atoms with Crippen LogP contribution in [0.4, 0.5) is 5.69 Å². The van der Waals surface area contributed by atoms with Crippen LogP contribution in [0.3, 0.4) is 0 Å². The number of carbonyl (C=O) groups excluding carboxylic acids is 1. The molecule has 1 aromatic carbocycles. The van der Waals surface area contributed by atoms with Crippen LogP contribution in [0.25, 0.3) is 0 Å². The Bertz CT molecular complexity index is 514. The van der Waals surface area contributed by atoms with Gasteiger partial charge in [-0.1, -0.05) is 18.2 Å².